The van der Waals surface area contributed by atoms with Crippen LogP contribution in [-0.4, -0.2) is 19.5 Å². The molecule has 0 saturated heterocycles. The van der Waals surface area contributed by atoms with Gasteiger partial charge in [-0.05, 0) is 24.5 Å². The Morgan fingerprint density at radius 1 is 1.50 bits per heavy atom. The number of carbonyl (C=O) groups excluding carboxylic acids is 1. The molecule has 1 aromatic carbocycles. The summed E-state index contributed by atoms with van der Waals surface area (Å²) in [6, 6.07) is 4.06. The van der Waals surface area contributed by atoms with E-state index in [9.17, 15) is 19.1 Å². The number of carbonyl (C=O) groups is 1. The van der Waals surface area contributed by atoms with Crippen LogP contribution in [-0.2, 0) is 16.8 Å². The summed E-state index contributed by atoms with van der Waals surface area (Å²) in [6.45, 7) is 0. The number of hydrogen-bond donors (Lipinski definition) is 1. The number of Topliss-reactive ketones (excluding diaryl/α,β-unsaturated/α-hetero) is 1. The quantitative estimate of drug-likeness (QED) is 0.381. The SMILES string of the molecule is O=C(c1ccc(CS(=O)O)cc1[N+](=O)[O-])C1CC1. The first kappa shape index (κ1) is 12.8. The fourth-order valence-electron chi connectivity index (χ4n) is 1.73. The minimum Gasteiger partial charge on any atom is -0.306 e. The zero-order valence-electron chi connectivity index (χ0n) is 9.37. The third kappa shape index (κ3) is 2.80. The molecule has 0 amide bonds. The van der Waals surface area contributed by atoms with Crippen molar-refractivity contribution >= 4 is 22.6 Å². The molecule has 18 heavy (non-hydrogen) atoms. The van der Waals surface area contributed by atoms with Crippen molar-refractivity contribution in [2.45, 2.75) is 18.6 Å². The molecule has 7 heteroatoms. The molecule has 1 aromatic rings. The van der Waals surface area contributed by atoms with Gasteiger partial charge in [0.15, 0.2) is 16.9 Å². The largest absolute Gasteiger partial charge is 0.306 e. The first-order chi connectivity index (χ1) is 8.49. The predicted molar refractivity (Wildman–Crippen MR) is 64.6 cm³/mol. The van der Waals surface area contributed by atoms with Crippen molar-refractivity contribution in [3.05, 3.63) is 39.4 Å². The number of ketones is 1. The topological polar surface area (TPSA) is 97.5 Å². The van der Waals surface area contributed by atoms with E-state index in [1.54, 1.807) is 0 Å². The summed E-state index contributed by atoms with van der Waals surface area (Å²) in [7, 11) is 0. The van der Waals surface area contributed by atoms with Crippen molar-refractivity contribution in [1.29, 1.82) is 0 Å². The Hall–Kier alpha value is -1.60. The molecule has 2 rings (SSSR count). The van der Waals surface area contributed by atoms with E-state index in [2.05, 4.69) is 0 Å². The molecule has 0 spiro atoms. The molecule has 96 valence electrons. The summed E-state index contributed by atoms with van der Waals surface area (Å²) in [6.07, 6.45) is 1.55. The summed E-state index contributed by atoms with van der Waals surface area (Å²) >= 11 is -2.06. The van der Waals surface area contributed by atoms with Crippen LogP contribution in [0.3, 0.4) is 0 Å². The highest BCUT2D eigenvalue weighted by molar-refractivity contribution is 7.78. The van der Waals surface area contributed by atoms with Gasteiger partial charge in [0.1, 0.15) is 0 Å². The molecule has 1 fully saturated rings. The number of nitro benzene ring substituents is 1. The van der Waals surface area contributed by atoms with Crippen molar-refractivity contribution in [2.75, 3.05) is 0 Å². The monoisotopic (exact) mass is 269 g/mol. The highest BCUT2D eigenvalue weighted by Crippen LogP contribution is 2.35. The molecule has 1 atom stereocenters. The maximum Gasteiger partial charge on any atom is 0.280 e. The zero-order valence-corrected chi connectivity index (χ0v) is 10.2. The normalized spacial score (nSPS) is 16.3. The van der Waals surface area contributed by atoms with E-state index in [1.807, 2.05) is 0 Å². The van der Waals surface area contributed by atoms with E-state index in [1.165, 1.54) is 18.2 Å². The highest BCUT2D eigenvalue weighted by Gasteiger charge is 2.34. The van der Waals surface area contributed by atoms with Gasteiger partial charge < -0.3 is 4.55 Å². The van der Waals surface area contributed by atoms with Gasteiger partial charge in [-0.1, -0.05) is 6.07 Å². The van der Waals surface area contributed by atoms with E-state index >= 15 is 0 Å². The van der Waals surface area contributed by atoms with Crippen LogP contribution in [0.5, 0.6) is 0 Å². The van der Waals surface area contributed by atoms with Gasteiger partial charge in [-0.15, -0.1) is 0 Å². The molecule has 0 heterocycles. The summed E-state index contributed by atoms with van der Waals surface area (Å²) in [5, 5.41) is 10.9. The summed E-state index contributed by atoms with van der Waals surface area (Å²) in [5.41, 5.74) is 0.180. The Balaban J connectivity index is 2.37. The average molecular weight is 269 g/mol. The second kappa shape index (κ2) is 4.95. The van der Waals surface area contributed by atoms with Gasteiger partial charge in [0.05, 0.1) is 16.2 Å². The fraction of sp³-hybridized carbons (Fsp3) is 0.364. The molecular formula is C11H11NO5S. The van der Waals surface area contributed by atoms with Crippen LogP contribution in [0.25, 0.3) is 0 Å². The van der Waals surface area contributed by atoms with Gasteiger partial charge in [-0.3, -0.25) is 14.9 Å². The van der Waals surface area contributed by atoms with Crippen molar-refractivity contribution in [3.63, 3.8) is 0 Å². The van der Waals surface area contributed by atoms with Crippen LogP contribution in [0.2, 0.25) is 0 Å². The molecule has 0 bridgehead atoms. The van der Waals surface area contributed by atoms with Crippen molar-refractivity contribution in [1.82, 2.24) is 0 Å². The molecule has 6 nitrogen and oxygen atoms in total. The van der Waals surface area contributed by atoms with Gasteiger partial charge in [-0.25, -0.2) is 4.21 Å². The van der Waals surface area contributed by atoms with Crippen LogP contribution in [0.15, 0.2) is 18.2 Å². The Kier molecular flexibility index (Phi) is 3.53. The van der Waals surface area contributed by atoms with Gasteiger partial charge in [-0.2, -0.15) is 0 Å². The number of rotatable bonds is 5. The maximum atomic E-state index is 11.9. The first-order valence-corrected chi connectivity index (χ1v) is 6.65. The molecule has 1 N–H and O–H groups in total. The average Bonchev–Trinajstić information content (AvgIpc) is 3.11. The minimum atomic E-state index is -2.06. The Morgan fingerprint density at radius 2 is 2.17 bits per heavy atom. The van der Waals surface area contributed by atoms with Crippen molar-refractivity contribution in [3.8, 4) is 0 Å². The standard InChI is InChI=1S/C11H11NO5S/c13-11(8-2-3-8)9-4-1-7(6-18(16)17)5-10(9)12(14)15/h1,4-5,8H,2-3,6H2,(H,16,17). The lowest BCUT2D eigenvalue weighted by atomic mass is 10.0. The lowest BCUT2D eigenvalue weighted by Crippen LogP contribution is -2.07. The molecule has 1 unspecified atom stereocenters. The van der Waals surface area contributed by atoms with Crippen molar-refractivity contribution in [2.24, 2.45) is 5.92 Å². The van der Waals surface area contributed by atoms with Gasteiger partial charge in [0.2, 0.25) is 0 Å². The molecule has 1 aliphatic carbocycles. The second-order valence-electron chi connectivity index (χ2n) is 4.21. The van der Waals surface area contributed by atoms with Crippen LogP contribution < -0.4 is 0 Å². The number of hydrogen-bond acceptors (Lipinski definition) is 4. The number of nitro groups is 1. The Labute approximate surface area is 105 Å². The van der Waals surface area contributed by atoms with Gasteiger partial charge >= 0.3 is 0 Å². The lowest BCUT2D eigenvalue weighted by Gasteiger charge is -2.03. The second-order valence-corrected chi connectivity index (χ2v) is 5.14. The highest BCUT2D eigenvalue weighted by atomic mass is 32.2. The maximum absolute atomic E-state index is 11.9. The Morgan fingerprint density at radius 3 is 2.67 bits per heavy atom. The van der Waals surface area contributed by atoms with Gasteiger partial charge in [0.25, 0.3) is 5.69 Å². The van der Waals surface area contributed by atoms with Crippen LogP contribution >= 0.6 is 0 Å². The molecule has 0 aromatic heterocycles. The van der Waals surface area contributed by atoms with Crippen LogP contribution in [0.4, 0.5) is 5.69 Å². The van der Waals surface area contributed by atoms with E-state index in [4.69, 9.17) is 4.55 Å². The summed E-state index contributed by atoms with van der Waals surface area (Å²) in [4.78, 5) is 22.1. The number of nitrogens with zero attached hydrogens (tertiary/aromatic N) is 1. The third-order valence-corrected chi connectivity index (χ3v) is 3.34. The van der Waals surface area contributed by atoms with Crippen molar-refractivity contribution < 1.29 is 18.5 Å². The zero-order chi connectivity index (χ0) is 13.3. The molecular weight excluding hydrogens is 258 g/mol. The molecule has 1 saturated carbocycles. The first-order valence-electron chi connectivity index (χ1n) is 5.38. The number of benzene rings is 1. The van der Waals surface area contributed by atoms with E-state index in [-0.39, 0.29) is 28.7 Å². The van der Waals surface area contributed by atoms with E-state index in [0.717, 1.165) is 12.8 Å². The molecule has 0 aliphatic heterocycles. The third-order valence-electron chi connectivity index (χ3n) is 2.76. The summed E-state index contributed by atoms with van der Waals surface area (Å²) in [5.74, 6) is -0.487. The van der Waals surface area contributed by atoms with Crippen LogP contribution in [0.1, 0.15) is 28.8 Å². The smallest absolute Gasteiger partial charge is 0.280 e. The van der Waals surface area contributed by atoms with Gasteiger partial charge in [0, 0.05) is 12.0 Å². The summed E-state index contributed by atoms with van der Waals surface area (Å²) < 4.78 is 19.4. The predicted octanol–water partition coefficient (Wildman–Crippen LogP) is 1.91. The van der Waals surface area contributed by atoms with E-state index in [0.29, 0.717) is 5.56 Å². The fourth-order valence-corrected chi connectivity index (χ4v) is 2.20. The minimum absolute atomic E-state index is 0.0926. The van der Waals surface area contributed by atoms with E-state index < -0.39 is 16.0 Å². The molecule has 0 radical (unpaired) electrons. The Bertz CT molecular complexity index is 538. The molecule has 1 aliphatic rings. The lowest BCUT2D eigenvalue weighted by molar-refractivity contribution is -0.385. The van der Waals surface area contributed by atoms with Crippen LogP contribution in [0, 0.1) is 16.0 Å².